The van der Waals surface area contributed by atoms with Crippen LogP contribution in [0.5, 0.6) is 0 Å². The molecule has 0 saturated carbocycles. The number of rotatable bonds is 2. The van der Waals surface area contributed by atoms with Crippen molar-refractivity contribution in [1.29, 1.82) is 0 Å². The summed E-state index contributed by atoms with van der Waals surface area (Å²) in [5.74, 6) is 1.27. The predicted molar refractivity (Wildman–Crippen MR) is 45.5 cm³/mol. The Morgan fingerprint density at radius 3 is 2.17 bits per heavy atom. The van der Waals surface area contributed by atoms with E-state index in [0.717, 1.165) is 6.54 Å². The molecule has 1 aromatic rings. The fourth-order valence-electron chi connectivity index (χ4n) is 1.44. The quantitative estimate of drug-likeness (QED) is 0.554. The van der Waals surface area contributed by atoms with Crippen LogP contribution < -0.4 is 17.0 Å². The fourth-order valence-corrected chi connectivity index (χ4v) is 1.44. The molecule has 0 unspecified atom stereocenters. The number of nitrogens with zero attached hydrogens (tertiary/aromatic N) is 1. The number of imidazole rings is 1. The molecule has 0 radical (unpaired) electrons. The number of hydrogen-bond acceptors (Lipinski definition) is 0. The third kappa shape index (κ3) is 2.01. The van der Waals surface area contributed by atoms with Crippen molar-refractivity contribution in [3.8, 4) is 0 Å². The second-order valence-corrected chi connectivity index (χ2v) is 3.07. The van der Waals surface area contributed by atoms with Crippen LogP contribution in [0.4, 0.5) is 0 Å². The lowest BCUT2D eigenvalue weighted by Gasteiger charge is -1.95. The van der Waals surface area contributed by atoms with E-state index in [1.165, 1.54) is 23.6 Å². The minimum absolute atomic E-state index is 0. The van der Waals surface area contributed by atoms with Crippen LogP contribution in [0, 0.1) is 20.8 Å². The molecule has 3 heteroatoms. The van der Waals surface area contributed by atoms with Crippen molar-refractivity contribution in [3.05, 3.63) is 17.2 Å². The Morgan fingerprint density at radius 2 is 1.83 bits per heavy atom. The Morgan fingerprint density at radius 1 is 1.25 bits per heavy atom. The highest BCUT2D eigenvalue weighted by Crippen LogP contribution is 1.99. The van der Waals surface area contributed by atoms with E-state index in [1.54, 1.807) is 0 Å². The van der Waals surface area contributed by atoms with Gasteiger partial charge in [0, 0.05) is 20.8 Å². The van der Waals surface area contributed by atoms with Crippen molar-refractivity contribution in [1.82, 2.24) is 4.98 Å². The molecule has 1 heterocycles. The summed E-state index contributed by atoms with van der Waals surface area (Å²) in [6, 6.07) is 0. The van der Waals surface area contributed by atoms with Crippen molar-refractivity contribution in [2.75, 3.05) is 0 Å². The monoisotopic (exact) mass is 188 g/mol. The number of aromatic nitrogens is 2. The van der Waals surface area contributed by atoms with Crippen molar-refractivity contribution in [2.45, 2.75) is 40.7 Å². The molecule has 1 N–H and O–H groups in total. The maximum atomic E-state index is 3.32. The summed E-state index contributed by atoms with van der Waals surface area (Å²) in [5.41, 5.74) is 2.65. The Hall–Kier alpha value is -0.500. The predicted octanol–water partition coefficient (Wildman–Crippen LogP) is -1.36. The summed E-state index contributed by atoms with van der Waals surface area (Å²) in [4.78, 5) is 3.32. The van der Waals surface area contributed by atoms with Crippen molar-refractivity contribution < 1.29 is 17.0 Å². The topological polar surface area (TPSA) is 19.7 Å². The molecule has 70 valence electrons. The maximum absolute atomic E-state index is 3.32. The zero-order chi connectivity index (χ0) is 8.43. The molecule has 1 aromatic heterocycles. The van der Waals surface area contributed by atoms with E-state index in [2.05, 4.69) is 37.2 Å². The van der Waals surface area contributed by atoms with Gasteiger partial charge in [0.05, 0.1) is 6.54 Å². The molecule has 12 heavy (non-hydrogen) atoms. The van der Waals surface area contributed by atoms with Gasteiger partial charge in [0.15, 0.2) is 0 Å². The van der Waals surface area contributed by atoms with E-state index in [0.29, 0.717) is 0 Å². The average molecular weight is 189 g/mol. The van der Waals surface area contributed by atoms with E-state index in [1.807, 2.05) is 0 Å². The summed E-state index contributed by atoms with van der Waals surface area (Å²) >= 11 is 0. The normalized spacial score (nSPS) is 9.67. The number of aryl methyl sites for hydroxylation is 2. The van der Waals surface area contributed by atoms with E-state index < -0.39 is 0 Å². The number of H-pyrrole nitrogens is 1. The zero-order valence-electron chi connectivity index (χ0n) is 8.24. The average Bonchev–Trinajstić information content (AvgIpc) is 2.17. The van der Waals surface area contributed by atoms with E-state index >= 15 is 0 Å². The first kappa shape index (κ1) is 11.5. The summed E-state index contributed by atoms with van der Waals surface area (Å²) in [6.45, 7) is 9.73. The molecule has 0 aliphatic rings. The molecule has 0 aliphatic carbocycles. The summed E-state index contributed by atoms with van der Waals surface area (Å²) in [5, 5.41) is 0. The lowest BCUT2D eigenvalue weighted by Crippen LogP contribution is -3.00. The molecule has 0 amide bonds. The van der Waals surface area contributed by atoms with Gasteiger partial charge in [-0.15, -0.1) is 0 Å². The molecule has 1 rings (SSSR count). The van der Waals surface area contributed by atoms with Crippen LogP contribution in [-0.2, 0) is 6.54 Å². The van der Waals surface area contributed by atoms with Crippen LogP contribution in [0.25, 0.3) is 0 Å². The highest BCUT2D eigenvalue weighted by molar-refractivity contribution is 5.02. The van der Waals surface area contributed by atoms with Gasteiger partial charge in [-0.2, -0.15) is 0 Å². The van der Waals surface area contributed by atoms with Gasteiger partial charge in [-0.25, -0.2) is 9.55 Å². The molecule has 0 bridgehead atoms. The Balaban J connectivity index is 0.00000121. The van der Waals surface area contributed by atoms with Crippen LogP contribution in [0.15, 0.2) is 0 Å². The van der Waals surface area contributed by atoms with Gasteiger partial charge in [0.1, 0.15) is 11.4 Å². The maximum Gasteiger partial charge on any atom is 0.251 e. The van der Waals surface area contributed by atoms with E-state index in [9.17, 15) is 0 Å². The molecule has 2 nitrogen and oxygen atoms in total. The largest absolute Gasteiger partial charge is 1.00 e. The SMILES string of the molecule is CCC[n+]1c(C)[nH]c(C)c1C.[Cl-]. The third-order valence-electron chi connectivity index (χ3n) is 2.17. The standard InChI is InChI=1S/C9H16N2.ClH/c1-5-6-11-8(3)7(2)10-9(11)4;/h5-6H2,1-4H3;1H. The van der Waals surface area contributed by atoms with Gasteiger partial charge in [-0.1, -0.05) is 6.92 Å². The summed E-state index contributed by atoms with van der Waals surface area (Å²) in [6.07, 6.45) is 1.20. The first-order valence-electron chi connectivity index (χ1n) is 4.22. The third-order valence-corrected chi connectivity index (χ3v) is 2.17. The zero-order valence-corrected chi connectivity index (χ0v) is 9.00. The second kappa shape index (κ2) is 4.51. The second-order valence-electron chi connectivity index (χ2n) is 3.07. The number of hydrogen-bond donors (Lipinski definition) is 1. The van der Waals surface area contributed by atoms with Crippen LogP contribution in [0.3, 0.4) is 0 Å². The smallest absolute Gasteiger partial charge is 0.251 e. The van der Waals surface area contributed by atoms with Gasteiger partial charge in [0.25, 0.3) is 5.82 Å². The van der Waals surface area contributed by atoms with Gasteiger partial charge < -0.3 is 12.4 Å². The lowest BCUT2D eigenvalue weighted by molar-refractivity contribution is -0.707. The molecule has 0 fully saturated rings. The highest BCUT2D eigenvalue weighted by atomic mass is 35.5. The minimum atomic E-state index is 0. The molecule has 0 spiro atoms. The van der Waals surface area contributed by atoms with Gasteiger partial charge >= 0.3 is 0 Å². The van der Waals surface area contributed by atoms with Crippen molar-refractivity contribution >= 4 is 0 Å². The number of aromatic amines is 1. The molecule has 0 aromatic carbocycles. The van der Waals surface area contributed by atoms with Crippen molar-refractivity contribution in [3.63, 3.8) is 0 Å². The highest BCUT2D eigenvalue weighted by Gasteiger charge is 2.12. The lowest BCUT2D eigenvalue weighted by atomic mass is 10.3. The minimum Gasteiger partial charge on any atom is -1.00 e. The van der Waals surface area contributed by atoms with E-state index in [-0.39, 0.29) is 12.4 Å². The van der Waals surface area contributed by atoms with Gasteiger partial charge in [-0.3, -0.25) is 0 Å². The Bertz CT molecular complexity index is 253. The number of halogens is 1. The molecular weight excluding hydrogens is 172 g/mol. The molecular formula is C9H17ClN2. The first-order chi connectivity index (χ1) is 5.16. The van der Waals surface area contributed by atoms with Gasteiger partial charge in [0.2, 0.25) is 0 Å². The first-order valence-corrected chi connectivity index (χ1v) is 4.22. The molecule has 0 saturated heterocycles. The van der Waals surface area contributed by atoms with Crippen LogP contribution in [-0.4, -0.2) is 4.98 Å². The summed E-state index contributed by atoms with van der Waals surface area (Å²) in [7, 11) is 0. The van der Waals surface area contributed by atoms with E-state index in [4.69, 9.17) is 0 Å². The summed E-state index contributed by atoms with van der Waals surface area (Å²) < 4.78 is 2.33. The van der Waals surface area contributed by atoms with Gasteiger partial charge in [-0.05, 0) is 6.42 Å². The molecule has 0 atom stereocenters. The molecule has 0 aliphatic heterocycles. The van der Waals surface area contributed by atoms with Crippen LogP contribution >= 0.6 is 0 Å². The van der Waals surface area contributed by atoms with Crippen LogP contribution in [0.2, 0.25) is 0 Å². The fraction of sp³-hybridized carbons (Fsp3) is 0.667. The van der Waals surface area contributed by atoms with Crippen molar-refractivity contribution in [2.24, 2.45) is 0 Å². The Labute approximate surface area is 80.4 Å². The van der Waals surface area contributed by atoms with Crippen LogP contribution in [0.1, 0.15) is 30.6 Å². The number of nitrogens with one attached hydrogen (secondary N) is 1. The Kier molecular flexibility index (Phi) is 4.32.